The average molecular weight is 278 g/mol. The lowest BCUT2D eigenvalue weighted by Gasteiger charge is -2.29. The quantitative estimate of drug-likeness (QED) is 0.823. The number of anilines is 1. The van der Waals surface area contributed by atoms with Gasteiger partial charge >= 0.3 is 0 Å². The van der Waals surface area contributed by atoms with Gasteiger partial charge < -0.3 is 4.90 Å². The Morgan fingerprint density at radius 1 is 1.11 bits per heavy atom. The zero-order valence-corrected chi connectivity index (χ0v) is 13.2. The maximum atomic E-state index is 3.57. The number of rotatable bonds is 5. The van der Waals surface area contributed by atoms with Crippen LogP contribution in [0.5, 0.6) is 0 Å². The van der Waals surface area contributed by atoms with E-state index >= 15 is 0 Å². The first kappa shape index (κ1) is 14.7. The molecule has 1 heterocycles. The van der Waals surface area contributed by atoms with Gasteiger partial charge in [0, 0.05) is 25.3 Å². The second kappa shape index (κ2) is 6.67. The Kier molecular flexibility index (Phi) is 5.17. The zero-order valence-electron chi connectivity index (χ0n) is 12.4. The van der Waals surface area contributed by atoms with Crippen LogP contribution in [-0.4, -0.2) is 24.2 Å². The number of piperidine rings is 1. The van der Waals surface area contributed by atoms with E-state index < -0.39 is 0 Å². The lowest BCUT2D eigenvalue weighted by atomic mass is 10.1. The van der Waals surface area contributed by atoms with E-state index in [2.05, 4.69) is 54.6 Å². The summed E-state index contributed by atoms with van der Waals surface area (Å²) in [7, 11) is 0. The molecular formula is C16H26N2S. The molecule has 1 aliphatic heterocycles. The predicted octanol–water partition coefficient (Wildman–Crippen LogP) is 3.87. The van der Waals surface area contributed by atoms with Crippen molar-refractivity contribution < 1.29 is 0 Å². The Hall–Kier alpha value is -0.670. The molecule has 3 heteroatoms. The van der Waals surface area contributed by atoms with E-state index in [4.69, 9.17) is 0 Å². The van der Waals surface area contributed by atoms with E-state index in [1.54, 1.807) is 0 Å². The summed E-state index contributed by atoms with van der Waals surface area (Å²) < 4.78 is 0. The lowest BCUT2D eigenvalue weighted by Crippen LogP contribution is -2.34. The van der Waals surface area contributed by atoms with Crippen LogP contribution in [0.2, 0.25) is 0 Å². The molecule has 1 saturated heterocycles. The van der Waals surface area contributed by atoms with Crippen LogP contribution >= 0.6 is 11.8 Å². The molecule has 19 heavy (non-hydrogen) atoms. The summed E-state index contributed by atoms with van der Waals surface area (Å²) in [5.41, 5.74) is 2.75. The van der Waals surface area contributed by atoms with E-state index in [0.29, 0.717) is 0 Å². The third-order valence-corrected chi connectivity index (χ3v) is 5.05. The molecule has 1 aromatic carbocycles. The van der Waals surface area contributed by atoms with Gasteiger partial charge in [0.15, 0.2) is 0 Å². The first-order valence-electron chi connectivity index (χ1n) is 7.25. The van der Waals surface area contributed by atoms with Crippen molar-refractivity contribution >= 4 is 17.4 Å². The lowest BCUT2D eigenvalue weighted by molar-refractivity contribution is 0.542. The number of thioether (sulfide) groups is 1. The van der Waals surface area contributed by atoms with Crippen molar-refractivity contribution in [3.8, 4) is 0 Å². The molecule has 1 aromatic rings. The number of hydrogen-bond acceptors (Lipinski definition) is 3. The Labute approximate surface area is 122 Å². The normalized spacial score (nSPS) is 16.7. The Morgan fingerprint density at radius 2 is 1.74 bits per heavy atom. The van der Waals surface area contributed by atoms with Crippen LogP contribution in [0, 0.1) is 0 Å². The first-order valence-corrected chi connectivity index (χ1v) is 8.47. The van der Waals surface area contributed by atoms with Crippen LogP contribution in [0.15, 0.2) is 24.3 Å². The van der Waals surface area contributed by atoms with Crippen molar-refractivity contribution in [3.63, 3.8) is 0 Å². The number of benzene rings is 1. The van der Waals surface area contributed by atoms with Crippen LogP contribution in [0.25, 0.3) is 0 Å². The van der Waals surface area contributed by atoms with Gasteiger partial charge in [0.05, 0.1) is 4.87 Å². The zero-order chi connectivity index (χ0) is 13.7. The SMILES string of the molecule is CSC(C)(C)NCc1ccc(N2CCCCC2)cc1. The summed E-state index contributed by atoms with van der Waals surface area (Å²) in [6.07, 6.45) is 6.21. The molecule has 1 aliphatic rings. The number of nitrogens with zero attached hydrogens (tertiary/aromatic N) is 1. The van der Waals surface area contributed by atoms with Gasteiger partial charge in [0.25, 0.3) is 0 Å². The second-order valence-corrected chi connectivity index (χ2v) is 7.21. The highest BCUT2D eigenvalue weighted by Crippen LogP contribution is 2.21. The van der Waals surface area contributed by atoms with Crippen LogP contribution in [-0.2, 0) is 6.54 Å². The van der Waals surface area contributed by atoms with Crippen LogP contribution in [0.4, 0.5) is 5.69 Å². The summed E-state index contributed by atoms with van der Waals surface area (Å²) in [4.78, 5) is 2.65. The second-order valence-electron chi connectivity index (χ2n) is 5.78. The minimum atomic E-state index is 0.144. The van der Waals surface area contributed by atoms with Crippen LogP contribution < -0.4 is 10.2 Å². The van der Waals surface area contributed by atoms with E-state index in [1.165, 1.54) is 43.6 Å². The maximum absolute atomic E-state index is 3.57. The third-order valence-electron chi connectivity index (χ3n) is 3.89. The molecule has 0 radical (unpaired) electrons. The van der Waals surface area contributed by atoms with Gasteiger partial charge in [-0.25, -0.2) is 0 Å². The summed E-state index contributed by atoms with van der Waals surface area (Å²) in [6.45, 7) is 7.82. The smallest absolute Gasteiger partial charge is 0.0587 e. The Balaban J connectivity index is 1.91. The molecule has 0 saturated carbocycles. The highest BCUT2D eigenvalue weighted by molar-refractivity contribution is 7.99. The van der Waals surface area contributed by atoms with E-state index in [-0.39, 0.29) is 4.87 Å². The van der Waals surface area contributed by atoms with Crippen molar-refractivity contribution in [2.75, 3.05) is 24.2 Å². The fourth-order valence-corrected chi connectivity index (χ4v) is 2.58. The molecule has 2 rings (SSSR count). The summed E-state index contributed by atoms with van der Waals surface area (Å²) in [5, 5.41) is 3.57. The van der Waals surface area contributed by atoms with Gasteiger partial charge in [-0.2, -0.15) is 0 Å². The fourth-order valence-electron chi connectivity index (χ4n) is 2.36. The van der Waals surface area contributed by atoms with E-state index in [0.717, 1.165) is 6.54 Å². The molecule has 1 fully saturated rings. The molecule has 0 unspecified atom stereocenters. The molecule has 1 N–H and O–H groups in total. The van der Waals surface area contributed by atoms with Crippen LogP contribution in [0.1, 0.15) is 38.7 Å². The topological polar surface area (TPSA) is 15.3 Å². The van der Waals surface area contributed by atoms with E-state index in [9.17, 15) is 0 Å². The molecule has 0 spiro atoms. The van der Waals surface area contributed by atoms with Crippen molar-refractivity contribution in [1.29, 1.82) is 0 Å². The van der Waals surface area contributed by atoms with Gasteiger partial charge in [0.1, 0.15) is 0 Å². The molecule has 0 bridgehead atoms. The molecule has 106 valence electrons. The Bertz CT molecular complexity index is 380. The van der Waals surface area contributed by atoms with Crippen molar-refractivity contribution in [2.24, 2.45) is 0 Å². The largest absolute Gasteiger partial charge is 0.372 e. The molecule has 0 amide bonds. The highest BCUT2D eigenvalue weighted by atomic mass is 32.2. The first-order chi connectivity index (χ1) is 9.11. The van der Waals surface area contributed by atoms with Gasteiger partial charge in [-0.05, 0) is 57.1 Å². The van der Waals surface area contributed by atoms with Gasteiger partial charge in [0.2, 0.25) is 0 Å². The average Bonchev–Trinajstić information content (AvgIpc) is 2.47. The summed E-state index contributed by atoms with van der Waals surface area (Å²) in [5.74, 6) is 0. The predicted molar refractivity (Wildman–Crippen MR) is 86.9 cm³/mol. The molecule has 0 atom stereocenters. The van der Waals surface area contributed by atoms with E-state index in [1.807, 2.05) is 11.8 Å². The summed E-state index contributed by atoms with van der Waals surface area (Å²) >= 11 is 1.85. The highest BCUT2D eigenvalue weighted by Gasteiger charge is 2.14. The van der Waals surface area contributed by atoms with Crippen molar-refractivity contribution in [2.45, 2.75) is 44.5 Å². The van der Waals surface area contributed by atoms with Crippen LogP contribution in [0.3, 0.4) is 0 Å². The van der Waals surface area contributed by atoms with Crippen molar-refractivity contribution in [3.05, 3.63) is 29.8 Å². The minimum Gasteiger partial charge on any atom is -0.372 e. The Morgan fingerprint density at radius 3 is 2.32 bits per heavy atom. The minimum absolute atomic E-state index is 0.144. The fraction of sp³-hybridized carbons (Fsp3) is 0.625. The molecular weight excluding hydrogens is 252 g/mol. The van der Waals surface area contributed by atoms with Crippen molar-refractivity contribution in [1.82, 2.24) is 5.32 Å². The van der Waals surface area contributed by atoms with Gasteiger partial charge in [-0.15, -0.1) is 11.8 Å². The van der Waals surface area contributed by atoms with Gasteiger partial charge in [-0.3, -0.25) is 5.32 Å². The molecule has 0 aliphatic carbocycles. The number of hydrogen-bond donors (Lipinski definition) is 1. The standard InChI is InChI=1S/C16H26N2S/c1-16(2,19-3)17-13-14-7-9-15(10-8-14)18-11-5-4-6-12-18/h7-10,17H,4-6,11-13H2,1-3H3. The molecule has 0 aromatic heterocycles. The number of nitrogens with one attached hydrogen (secondary N) is 1. The summed E-state index contributed by atoms with van der Waals surface area (Å²) in [6, 6.07) is 9.06. The third kappa shape index (κ3) is 4.43. The van der Waals surface area contributed by atoms with Gasteiger partial charge in [-0.1, -0.05) is 12.1 Å². The maximum Gasteiger partial charge on any atom is 0.0587 e. The monoisotopic (exact) mass is 278 g/mol. The molecule has 2 nitrogen and oxygen atoms in total.